The van der Waals surface area contributed by atoms with Crippen LogP contribution in [-0.4, -0.2) is 24.0 Å². The molecule has 4 aliphatic carbocycles. The van der Waals surface area contributed by atoms with E-state index in [0.717, 1.165) is 24.3 Å². The highest BCUT2D eigenvalue weighted by atomic mass is 16.2. The molecule has 3 nitrogen and oxygen atoms in total. The number of nitrogens with one attached hydrogen (secondary N) is 1. The van der Waals surface area contributed by atoms with Crippen LogP contribution in [0.15, 0.2) is 0 Å². The molecule has 3 N–H and O–H groups in total. The maximum Gasteiger partial charge on any atom is 0.277 e. The van der Waals surface area contributed by atoms with Gasteiger partial charge in [0, 0.05) is 25.8 Å². The third kappa shape index (κ3) is 2.18. The topological polar surface area (TPSA) is 45.7 Å². The predicted octanol–water partition coefficient (Wildman–Crippen LogP) is 1.04. The quantitative estimate of drug-likeness (QED) is 0.770. The van der Waals surface area contributed by atoms with Gasteiger partial charge in [-0.2, -0.15) is 0 Å². The van der Waals surface area contributed by atoms with Crippen LogP contribution in [0.25, 0.3) is 0 Å². The zero-order valence-corrected chi connectivity index (χ0v) is 11.7. The summed E-state index contributed by atoms with van der Waals surface area (Å²) in [4.78, 5) is 11.9. The van der Waals surface area contributed by atoms with Crippen LogP contribution in [0.4, 0.5) is 0 Å². The predicted molar refractivity (Wildman–Crippen MR) is 71.0 cm³/mol. The van der Waals surface area contributed by atoms with Crippen molar-refractivity contribution in [2.45, 2.75) is 64.0 Å². The van der Waals surface area contributed by atoms with Crippen LogP contribution in [0.2, 0.25) is 0 Å². The number of nitrogens with two attached hydrogens (primary N) is 1. The van der Waals surface area contributed by atoms with E-state index in [1.165, 1.54) is 38.5 Å². The Labute approximate surface area is 110 Å². The molecule has 3 heteroatoms. The van der Waals surface area contributed by atoms with Crippen molar-refractivity contribution in [2.75, 3.05) is 6.54 Å². The molecule has 102 valence electrons. The average molecular weight is 251 g/mol. The monoisotopic (exact) mass is 251 g/mol. The van der Waals surface area contributed by atoms with E-state index in [-0.39, 0.29) is 11.9 Å². The van der Waals surface area contributed by atoms with Crippen molar-refractivity contribution in [3.8, 4) is 0 Å². The van der Waals surface area contributed by atoms with E-state index in [1.54, 1.807) is 0 Å². The summed E-state index contributed by atoms with van der Waals surface area (Å²) in [5, 5.41) is 5.38. The SMILES string of the molecule is CCNC(=O)[C@@H](C)[NH2+]C12CC3CC(CC(C3)C1)C2. The second-order valence-electron chi connectivity index (χ2n) is 7.13. The number of carbonyl (C=O) groups is 1. The molecule has 0 heterocycles. The molecular weight excluding hydrogens is 224 g/mol. The van der Waals surface area contributed by atoms with Crippen molar-refractivity contribution in [2.24, 2.45) is 17.8 Å². The van der Waals surface area contributed by atoms with Crippen LogP contribution >= 0.6 is 0 Å². The minimum Gasteiger partial charge on any atom is -0.351 e. The van der Waals surface area contributed by atoms with Gasteiger partial charge in [0.25, 0.3) is 5.91 Å². The number of hydrogen-bond donors (Lipinski definition) is 2. The molecule has 1 amide bonds. The first kappa shape index (κ1) is 12.5. The lowest BCUT2D eigenvalue weighted by Crippen LogP contribution is -3.03. The van der Waals surface area contributed by atoms with Crippen molar-refractivity contribution in [3.63, 3.8) is 0 Å². The number of amides is 1. The number of carbonyl (C=O) groups excluding carboxylic acids is 1. The summed E-state index contributed by atoms with van der Waals surface area (Å²) in [6, 6.07) is 0.0844. The molecule has 0 unspecified atom stereocenters. The Morgan fingerprint density at radius 1 is 1.22 bits per heavy atom. The Hall–Kier alpha value is -0.570. The molecule has 0 aliphatic heterocycles. The Balaban J connectivity index is 1.66. The molecule has 1 atom stereocenters. The molecule has 4 rings (SSSR count). The van der Waals surface area contributed by atoms with Crippen molar-refractivity contribution in [1.29, 1.82) is 0 Å². The summed E-state index contributed by atoms with van der Waals surface area (Å²) in [6.45, 7) is 4.82. The van der Waals surface area contributed by atoms with Gasteiger partial charge in [0.15, 0.2) is 6.04 Å². The molecule has 4 saturated carbocycles. The summed E-state index contributed by atoms with van der Waals surface area (Å²) < 4.78 is 0. The van der Waals surface area contributed by atoms with Gasteiger partial charge < -0.3 is 10.6 Å². The van der Waals surface area contributed by atoms with Crippen LogP contribution in [0, 0.1) is 17.8 Å². The van der Waals surface area contributed by atoms with Crippen LogP contribution < -0.4 is 10.6 Å². The van der Waals surface area contributed by atoms with Gasteiger partial charge in [-0.3, -0.25) is 4.79 Å². The van der Waals surface area contributed by atoms with Gasteiger partial charge in [-0.15, -0.1) is 0 Å². The minimum atomic E-state index is 0.0844. The summed E-state index contributed by atoms with van der Waals surface area (Å²) in [6.07, 6.45) is 8.52. The first-order valence-corrected chi connectivity index (χ1v) is 7.74. The maximum atomic E-state index is 11.9. The molecule has 0 aromatic heterocycles. The van der Waals surface area contributed by atoms with Crippen LogP contribution in [-0.2, 0) is 4.79 Å². The Kier molecular flexibility index (Phi) is 3.13. The zero-order valence-electron chi connectivity index (χ0n) is 11.7. The van der Waals surface area contributed by atoms with Crippen LogP contribution in [0.5, 0.6) is 0 Å². The van der Waals surface area contributed by atoms with E-state index in [2.05, 4.69) is 17.6 Å². The molecule has 0 aromatic rings. The largest absolute Gasteiger partial charge is 0.351 e. The fraction of sp³-hybridized carbons (Fsp3) is 0.933. The van der Waals surface area contributed by atoms with E-state index in [9.17, 15) is 4.79 Å². The lowest BCUT2D eigenvalue weighted by Gasteiger charge is -2.55. The molecule has 0 spiro atoms. The van der Waals surface area contributed by atoms with Crippen LogP contribution in [0.3, 0.4) is 0 Å². The molecule has 0 saturated heterocycles. The van der Waals surface area contributed by atoms with Gasteiger partial charge in [-0.1, -0.05) is 0 Å². The number of quaternary nitrogens is 1. The van der Waals surface area contributed by atoms with Crippen molar-refractivity contribution in [1.82, 2.24) is 5.32 Å². The van der Waals surface area contributed by atoms with Gasteiger partial charge in [-0.05, 0) is 50.9 Å². The van der Waals surface area contributed by atoms with Gasteiger partial charge in [0.2, 0.25) is 0 Å². The van der Waals surface area contributed by atoms with E-state index >= 15 is 0 Å². The van der Waals surface area contributed by atoms with E-state index < -0.39 is 0 Å². The van der Waals surface area contributed by atoms with E-state index in [0.29, 0.717) is 5.54 Å². The molecular formula is C15H27N2O+. The fourth-order valence-electron chi connectivity index (χ4n) is 5.32. The second kappa shape index (κ2) is 4.52. The zero-order chi connectivity index (χ0) is 12.8. The average Bonchev–Trinajstić information content (AvgIpc) is 2.26. The van der Waals surface area contributed by atoms with Crippen molar-refractivity contribution < 1.29 is 10.1 Å². The Bertz CT molecular complexity index is 304. The Morgan fingerprint density at radius 3 is 2.17 bits per heavy atom. The molecule has 4 bridgehead atoms. The molecule has 0 radical (unpaired) electrons. The standard InChI is InChI=1S/C15H26N2O/c1-3-16-14(18)10(2)17-15-7-11-4-12(8-15)6-13(5-11)9-15/h10-13,17H,3-9H2,1-2H3,(H,16,18)/p+1/t10-,11?,12?,13?,15?/m1/s1. The van der Waals surface area contributed by atoms with E-state index in [1.807, 2.05) is 6.92 Å². The highest BCUT2D eigenvalue weighted by molar-refractivity contribution is 5.79. The highest BCUT2D eigenvalue weighted by Crippen LogP contribution is 2.54. The molecule has 4 aliphatic rings. The van der Waals surface area contributed by atoms with Crippen molar-refractivity contribution in [3.05, 3.63) is 0 Å². The lowest BCUT2D eigenvalue weighted by atomic mass is 9.53. The number of likely N-dealkylation sites (N-methyl/N-ethyl adjacent to an activating group) is 1. The van der Waals surface area contributed by atoms with Gasteiger partial charge in [0.05, 0.1) is 5.54 Å². The molecule has 0 aromatic carbocycles. The van der Waals surface area contributed by atoms with Gasteiger partial charge >= 0.3 is 0 Å². The first-order valence-electron chi connectivity index (χ1n) is 7.74. The van der Waals surface area contributed by atoms with Gasteiger partial charge in [-0.25, -0.2) is 0 Å². The summed E-state index contributed by atoms with van der Waals surface area (Å²) in [7, 11) is 0. The van der Waals surface area contributed by atoms with Crippen LogP contribution in [0.1, 0.15) is 52.4 Å². The van der Waals surface area contributed by atoms with Gasteiger partial charge in [0.1, 0.15) is 0 Å². The molecule has 4 fully saturated rings. The maximum absolute atomic E-state index is 11.9. The summed E-state index contributed by atoms with van der Waals surface area (Å²) in [5.74, 6) is 3.12. The first-order chi connectivity index (χ1) is 8.60. The number of rotatable bonds is 4. The smallest absolute Gasteiger partial charge is 0.277 e. The second-order valence-corrected chi connectivity index (χ2v) is 7.13. The minimum absolute atomic E-state index is 0.0844. The van der Waals surface area contributed by atoms with Crippen molar-refractivity contribution >= 4 is 5.91 Å². The highest BCUT2D eigenvalue weighted by Gasteiger charge is 2.54. The number of hydrogen-bond acceptors (Lipinski definition) is 1. The van der Waals surface area contributed by atoms with E-state index in [4.69, 9.17) is 0 Å². The fourth-order valence-corrected chi connectivity index (χ4v) is 5.32. The summed E-state index contributed by atoms with van der Waals surface area (Å²) in [5.41, 5.74) is 0.416. The third-order valence-corrected chi connectivity index (χ3v) is 5.45. The third-order valence-electron chi connectivity index (χ3n) is 5.45. The molecule has 18 heavy (non-hydrogen) atoms. The Morgan fingerprint density at radius 2 is 1.72 bits per heavy atom. The lowest BCUT2D eigenvalue weighted by molar-refractivity contribution is -0.754. The summed E-state index contributed by atoms with van der Waals surface area (Å²) >= 11 is 0. The normalized spacial score (nSPS) is 42.9.